The summed E-state index contributed by atoms with van der Waals surface area (Å²) in [5, 5.41) is 3.58. The van der Waals surface area contributed by atoms with E-state index in [2.05, 4.69) is 5.32 Å². The maximum absolute atomic E-state index is 12.2. The highest BCUT2D eigenvalue weighted by atomic mass is 16.5. The molecule has 0 fully saturated rings. The van der Waals surface area contributed by atoms with E-state index in [1.165, 1.54) is 10.6 Å². The van der Waals surface area contributed by atoms with Gasteiger partial charge < -0.3 is 14.6 Å². The Morgan fingerprint density at radius 1 is 1.35 bits per heavy atom. The summed E-state index contributed by atoms with van der Waals surface area (Å²) >= 11 is 0. The minimum absolute atomic E-state index is 0.189. The summed E-state index contributed by atoms with van der Waals surface area (Å²) in [6.07, 6.45) is 0.741. The molecule has 0 spiro atoms. The van der Waals surface area contributed by atoms with Crippen molar-refractivity contribution >= 4 is 16.8 Å². The average Bonchev–Trinajstić information content (AvgIpc) is 2.47. The van der Waals surface area contributed by atoms with Gasteiger partial charge in [0.15, 0.2) is 0 Å². The zero-order chi connectivity index (χ0) is 14.5. The van der Waals surface area contributed by atoms with E-state index in [4.69, 9.17) is 4.74 Å². The third kappa shape index (κ3) is 2.88. The van der Waals surface area contributed by atoms with Gasteiger partial charge in [0.2, 0.25) is 0 Å². The van der Waals surface area contributed by atoms with Crippen LogP contribution in [0.15, 0.2) is 35.1 Å². The van der Waals surface area contributed by atoms with E-state index in [1.54, 1.807) is 14.2 Å². The van der Waals surface area contributed by atoms with Gasteiger partial charge in [-0.3, -0.25) is 9.59 Å². The predicted octanol–water partition coefficient (Wildman–Crippen LogP) is 1.30. The monoisotopic (exact) mass is 274 g/mol. The number of nitrogens with one attached hydrogen (secondary N) is 1. The van der Waals surface area contributed by atoms with E-state index >= 15 is 0 Å². The van der Waals surface area contributed by atoms with Crippen LogP contribution in [0.3, 0.4) is 0 Å². The number of aryl methyl sites for hydroxylation is 1. The van der Waals surface area contributed by atoms with Gasteiger partial charge in [-0.1, -0.05) is 18.2 Å². The number of amides is 1. The first-order valence-corrected chi connectivity index (χ1v) is 6.51. The van der Waals surface area contributed by atoms with E-state index in [1.807, 2.05) is 24.3 Å². The molecule has 0 unspecified atom stereocenters. The molecule has 5 nitrogen and oxygen atoms in total. The van der Waals surface area contributed by atoms with Gasteiger partial charge in [0.05, 0.1) is 11.1 Å². The normalized spacial score (nSPS) is 10.7. The van der Waals surface area contributed by atoms with Crippen LogP contribution in [-0.4, -0.2) is 30.7 Å². The fraction of sp³-hybridized carbons (Fsp3) is 0.333. The second-order valence-electron chi connectivity index (χ2n) is 4.57. The zero-order valence-corrected chi connectivity index (χ0v) is 11.7. The van der Waals surface area contributed by atoms with Crippen molar-refractivity contribution in [2.24, 2.45) is 7.05 Å². The Kier molecular flexibility index (Phi) is 4.53. The van der Waals surface area contributed by atoms with Gasteiger partial charge in [-0.05, 0) is 12.5 Å². The first-order chi connectivity index (χ1) is 9.65. The van der Waals surface area contributed by atoms with Gasteiger partial charge in [0.25, 0.3) is 11.5 Å². The van der Waals surface area contributed by atoms with Gasteiger partial charge in [0.1, 0.15) is 0 Å². The largest absolute Gasteiger partial charge is 0.385 e. The van der Waals surface area contributed by atoms with Gasteiger partial charge in [-0.2, -0.15) is 0 Å². The molecule has 1 heterocycles. The van der Waals surface area contributed by atoms with Crippen molar-refractivity contribution < 1.29 is 9.53 Å². The molecular weight excluding hydrogens is 256 g/mol. The average molecular weight is 274 g/mol. The Morgan fingerprint density at radius 3 is 2.85 bits per heavy atom. The number of hydrogen-bond donors (Lipinski definition) is 1. The number of aromatic nitrogens is 1. The molecule has 0 radical (unpaired) electrons. The van der Waals surface area contributed by atoms with Crippen molar-refractivity contribution in [1.29, 1.82) is 0 Å². The lowest BCUT2D eigenvalue weighted by molar-refractivity contribution is 0.0950. The molecule has 0 bridgehead atoms. The van der Waals surface area contributed by atoms with Crippen molar-refractivity contribution in [2.75, 3.05) is 20.3 Å². The van der Waals surface area contributed by atoms with E-state index in [9.17, 15) is 9.59 Å². The molecule has 0 saturated carbocycles. The van der Waals surface area contributed by atoms with Crippen LogP contribution < -0.4 is 10.9 Å². The number of nitrogens with zero attached hydrogens (tertiary/aromatic N) is 1. The summed E-state index contributed by atoms with van der Waals surface area (Å²) in [7, 11) is 3.32. The maximum Gasteiger partial charge on any atom is 0.252 e. The van der Waals surface area contributed by atoms with Crippen molar-refractivity contribution in [2.45, 2.75) is 6.42 Å². The molecule has 1 N–H and O–H groups in total. The highest BCUT2D eigenvalue weighted by Crippen LogP contribution is 2.15. The second kappa shape index (κ2) is 6.34. The predicted molar refractivity (Wildman–Crippen MR) is 78.0 cm³/mol. The first-order valence-electron chi connectivity index (χ1n) is 6.51. The Morgan fingerprint density at radius 2 is 2.10 bits per heavy atom. The molecule has 0 aliphatic rings. The lowest BCUT2D eigenvalue weighted by Gasteiger charge is -2.10. The van der Waals surface area contributed by atoms with E-state index in [0.29, 0.717) is 18.7 Å². The molecule has 1 amide bonds. The molecule has 0 saturated heterocycles. The number of fused-ring (bicyclic) bond motifs is 1. The standard InChI is InChI=1S/C15H18N2O3/c1-17-13-7-4-3-6-11(13)12(10-14(17)18)15(19)16-8-5-9-20-2/h3-4,6-7,10H,5,8-9H2,1-2H3,(H,16,19). The molecule has 0 aliphatic carbocycles. The topological polar surface area (TPSA) is 60.3 Å². The number of rotatable bonds is 5. The third-order valence-corrected chi connectivity index (χ3v) is 3.21. The van der Waals surface area contributed by atoms with Crippen molar-refractivity contribution in [1.82, 2.24) is 9.88 Å². The van der Waals surface area contributed by atoms with Crippen molar-refractivity contribution in [3.8, 4) is 0 Å². The van der Waals surface area contributed by atoms with Gasteiger partial charge in [0, 0.05) is 38.8 Å². The van der Waals surface area contributed by atoms with Crippen LogP contribution in [0.2, 0.25) is 0 Å². The fourth-order valence-corrected chi connectivity index (χ4v) is 2.11. The van der Waals surface area contributed by atoms with Crippen molar-refractivity contribution in [3.05, 3.63) is 46.2 Å². The van der Waals surface area contributed by atoms with Crippen molar-refractivity contribution in [3.63, 3.8) is 0 Å². The molecule has 2 aromatic rings. The quantitative estimate of drug-likeness (QED) is 0.836. The lowest BCUT2D eigenvalue weighted by atomic mass is 10.1. The number of methoxy groups -OCH3 is 1. The number of ether oxygens (including phenoxy) is 1. The molecule has 2 rings (SSSR count). The fourth-order valence-electron chi connectivity index (χ4n) is 2.11. The first kappa shape index (κ1) is 14.3. The number of carbonyl (C=O) groups excluding carboxylic acids is 1. The summed E-state index contributed by atoms with van der Waals surface area (Å²) in [6, 6.07) is 8.77. The number of carbonyl (C=O) groups is 1. The highest BCUT2D eigenvalue weighted by Gasteiger charge is 2.12. The Balaban J connectivity index is 2.32. The Hall–Kier alpha value is -2.14. The Bertz CT molecular complexity index is 676. The third-order valence-electron chi connectivity index (χ3n) is 3.21. The summed E-state index contributed by atoms with van der Waals surface area (Å²) in [6.45, 7) is 1.12. The summed E-state index contributed by atoms with van der Waals surface area (Å²) in [5.41, 5.74) is 0.980. The molecule has 0 aliphatic heterocycles. The molecule has 5 heteroatoms. The van der Waals surface area contributed by atoms with Crippen LogP contribution in [0.5, 0.6) is 0 Å². The van der Waals surface area contributed by atoms with E-state index in [-0.39, 0.29) is 11.5 Å². The molecule has 106 valence electrons. The molecule has 20 heavy (non-hydrogen) atoms. The van der Waals surface area contributed by atoms with Crippen LogP contribution >= 0.6 is 0 Å². The van der Waals surface area contributed by atoms with Crippen LogP contribution in [0.1, 0.15) is 16.8 Å². The Labute approximate surface area is 117 Å². The number of hydrogen-bond acceptors (Lipinski definition) is 3. The maximum atomic E-state index is 12.2. The number of pyridine rings is 1. The van der Waals surface area contributed by atoms with E-state index in [0.717, 1.165) is 17.3 Å². The molecule has 1 aromatic carbocycles. The summed E-state index contributed by atoms with van der Waals surface area (Å²) in [4.78, 5) is 24.1. The molecule has 1 aromatic heterocycles. The van der Waals surface area contributed by atoms with Crippen LogP contribution in [0, 0.1) is 0 Å². The minimum atomic E-state index is -0.227. The van der Waals surface area contributed by atoms with Crippen LogP contribution in [0.25, 0.3) is 10.9 Å². The summed E-state index contributed by atoms with van der Waals surface area (Å²) in [5.74, 6) is -0.227. The minimum Gasteiger partial charge on any atom is -0.385 e. The smallest absolute Gasteiger partial charge is 0.252 e. The second-order valence-corrected chi connectivity index (χ2v) is 4.57. The highest BCUT2D eigenvalue weighted by molar-refractivity contribution is 6.06. The van der Waals surface area contributed by atoms with Gasteiger partial charge >= 0.3 is 0 Å². The van der Waals surface area contributed by atoms with Gasteiger partial charge in [-0.15, -0.1) is 0 Å². The molecular formula is C15H18N2O3. The number of para-hydroxylation sites is 1. The zero-order valence-electron chi connectivity index (χ0n) is 11.7. The SMILES string of the molecule is COCCCNC(=O)c1cc(=O)n(C)c2ccccc12. The lowest BCUT2D eigenvalue weighted by Crippen LogP contribution is -2.28. The van der Waals surface area contributed by atoms with Crippen LogP contribution in [0.4, 0.5) is 0 Å². The number of benzene rings is 1. The summed E-state index contributed by atoms with van der Waals surface area (Å²) < 4.78 is 6.47. The van der Waals surface area contributed by atoms with Crippen LogP contribution in [-0.2, 0) is 11.8 Å². The van der Waals surface area contributed by atoms with E-state index < -0.39 is 0 Å². The molecule has 0 atom stereocenters. The van der Waals surface area contributed by atoms with Gasteiger partial charge in [-0.25, -0.2) is 0 Å².